The molecule has 0 N–H and O–H groups in total. The van der Waals surface area contributed by atoms with Crippen LogP contribution in [0.2, 0.25) is 0 Å². The van der Waals surface area contributed by atoms with E-state index in [1.54, 1.807) is 0 Å². The van der Waals surface area contributed by atoms with E-state index in [1.807, 2.05) is 0 Å². The molecule has 3 heterocycles. The van der Waals surface area contributed by atoms with Gasteiger partial charge in [-0.1, -0.05) is 0 Å². The van der Waals surface area contributed by atoms with Crippen molar-refractivity contribution in [3.05, 3.63) is 0 Å². The number of hydrogen-bond acceptors (Lipinski definition) is 3. The molecule has 0 saturated carbocycles. The van der Waals surface area contributed by atoms with Crippen molar-refractivity contribution in [2.45, 2.75) is 69.4 Å². The largest absolute Gasteiger partial charge is 0.376 e. The van der Waals surface area contributed by atoms with Crippen molar-refractivity contribution >= 4 is 0 Å². The molecule has 0 bridgehead atoms. The molecule has 0 amide bonds. The normalized spacial score (nSPS) is 45.0. The first kappa shape index (κ1) is 11.0. The Hall–Kier alpha value is -0.120. The van der Waals surface area contributed by atoms with Gasteiger partial charge in [-0.15, -0.1) is 0 Å². The Morgan fingerprint density at radius 2 is 1.75 bits per heavy atom. The Morgan fingerprint density at radius 1 is 0.812 bits per heavy atom. The van der Waals surface area contributed by atoms with Gasteiger partial charge in [-0.25, -0.2) is 0 Å². The second-order valence-electron chi connectivity index (χ2n) is 5.32. The van der Waals surface area contributed by atoms with E-state index in [-0.39, 0.29) is 5.79 Å². The zero-order chi connectivity index (χ0) is 10.8. The Morgan fingerprint density at radius 3 is 2.50 bits per heavy atom. The molecule has 0 aromatic carbocycles. The van der Waals surface area contributed by atoms with Gasteiger partial charge in [0, 0.05) is 19.4 Å². The molecule has 3 fully saturated rings. The van der Waals surface area contributed by atoms with Crippen molar-refractivity contribution in [3.63, 3.8) is 0 Å². The monoisotopic (exact) mass is 226 g/mol. The van der Waals surface area contributed by atoms with Gasteiger partial charge in [-0.2, -0.15) is 0 Å². The van der Waals surface area contributed by atoms with Gasteiger partial charge >= 0.3 is 0 Å². The zero-order valence-electron chi connectivity index (χ0n) is 9.95. The number of rotatable bonds is 1. The molecule has 3 nitrogen and oxygen atoms in total. The van der Waals surface area contributed by atoms with E-state index < -0.39 is 0 Å². The van der Waals surface area contributed by atoms with Gasteiger partial charge in [-0.05, 0) is 38.5 Å². The molecule has 3 aliphatic heterocycles. The maximum atomic E-state index is 6.18. The fraction of sp³-hybridized carbons (Fsp3) is 1.00. The first-order valence-electron chi connectivity index (χ1n) is 6.81. The summed E-state index contributed by atoms with van der Waals surface area (Å²) in [5, 5.41) is 0. The van der Waals surface area contributed by atoms with Crippen LogP contribution in [0, 0.1) is 0 Å². The van der Waals surface area contributed by atoms with E-state index in [0.717, 1.165) is 32.5 Å². The van der Waals surface area contributed by atoms with Crippen molar-refractivity contribution in [1.29, 1.82) is 0 Å². The van der Waals surface area contributed by atoms with Gasteiger partial charge in [0.15, 0.2) is 5.79 Å². The van der Waals surface area contributed by atoms with Crippen LogP contribution in [0.15, 0.2) is 0 Å². The summed E-state index contributed by atoms with van der Waals surface area (Å²) in [7, 11) is 0. The summed E-state index contributed by atoms with van der Waals surface area (Å²) in [6, 6.07) is 0. The molecule has 3 aliphatic rings. The SMILES string of the molecule is C1CC[C@H]([C@@H]2CC[C@]3(CCCCO3)O2)OC1. The van der Waals surface area contributed by atoms with Crippen LogP contribution in [0.5, 0.6) is 0 Å². The quantitative estimate of drug-likeness (QED) is 0.688. The van der Waals surface area contributed by atoms with Crippen molar-refractivity contribution < 1.29 is 14.2 Å². The first-order valence-corrected chi connectivity index (χ1v) is 6.81. The topological polar surface area (TPSA) is 27.7 Å². The van der Waals surface area contributed by atoms with E-state index in [9.17, 15) is 0 Å². The standard InChI is InChI=1S/C13H22O3/c1-3-9-14-11(5-1)12-6-8-13(16-12)7-2-4-10-15-13/h11-12H,1-10H2/t11-,12+,13+/m1/s1. The Labute approximate surface area is 97.4 Å². The van der Waals surface area contributed by atoms with E-state index in [4.69, 9.17) is 14.2 Å². The summed E-state index contributed by atoms with van der Waals surface area (Å²) in [6.07, 6.45) is 9.99. The fourth-order valence-corrected chi connectivity index (χ4v) is 3.19. The third-order valence-corrected chi connectivity index (χ3v) is 4.12. The van der Waals surface area contributed by atoms with Crippen molar-refractivity contribution in [1.82, 2.24) is 0 Å². The molecule has 3 rings (SSSR count). The van der Waals surface area contributed by atoms with Crippen LogP contribution in [0.25, 0.3) is 0 Å². The minimum atomic E-state index is -0.232. The summed E-state index contributed by atoms with van der Waals surface area (Å²) < 4.78 is 17.9. The van der Waals surface area contributed by atoms with Crippen LogP contribution in [0.3, 0.4) is 0 Å². The first-order chi connectivity index (χ1) is 7.88. The Balaban J connectivity index is 1.58. The molecule has 0 radical (unpaired) electrons. The van der Waals surface area contributed by atoms with Gasteiger partial charge in [0.25, 0.3) is 0 Å². The summed E-state index contributed by atoms with van der Waals surface area (Å²) in [4.78, 5) is 0. The molecule has 0 aliphatic carbocycles. The maximum absolute atomic E-state index is 6.18. The van der Waals surface area contributed by atoms with E-state index in [0.29, 0.717) is 12.2 Å². The summed E-state index contributed by atoms with van der Waals surface area (Å²) >= 11 is 0. The van der Waals surface area contributed by atoms with Gasteiger partial charge in [0.2, 0.25) is 0 Å². The van der Waals surface area contributed by atoms with Crippen molar-refractivity contribution in [2.75, 3.05) is 13.2 Å². The average Bonchev–Trinajstić information content (AvgIpc) is 2.75. The molecule has 0 aromatic heterocycles. The third-order valence-electron chi connectivity index (χ3n) is 4.12. The Bertz CT molecular complexity index is 229. The molecule has 3 atom stereocenters. The second kappa shape index (κ2) is 4.63. The maximum Gasteiger partial charge on any atom is 0.168 e. The minimum absolute atomic E-state index is 0.232. The highest BCUT2D eigenvalue weighted by Crippen LogP contribution is 2.40. The predicted molar refractivity (Wildman–Crippen MR) is 60.2 cm³/mol. The van der Waals surface area contributed by atoms with Crippen LogP contribution in [-0.2, 0) is 14.2 Å². The molecule has 0 aromatic rings. The number of ether oxygens (including phenoxy) is 3. The molecular formula is C13H22O3. The fourth-order valence-electron chi connectivity index (χ4n) is 3.19. The van der Waals surface area contributed by atoms with E-state index >= 15 is 0 Å². The van der Waals surface area contributed by atoms with Gasteiger partial charge < -0.3 is 14.2 Å². The van der Waals surface area contributed by atoms with Crippen LogP contribution in [-0.4, -0.2) is 31.2 Å². The predicted octanol–water partition coefficient (Wildman–Crippen LogP) is 2.63. The summed E-state index contributed by atoms with van der Waals surface area (Å²) in [5.41, 5.74) is 0. The van der Waals surface area contributed by atoms with Crippen LogP contribution in [0.4, 0.5) is 0 Å². The van der Waals surface area contributed by atoms with Crippen molar-refractivity contribution in [2.24, 2.45) is 0 Å². The lowest BCUT2D eigenvalue weighted by atomic mass is 9.99. The van der Waals surface area contributed by atoms with Crippen LogP contribution < -0.4 is 0 Å². The lowest BCUT2D eigenvalue weighted by molar-refractivity contribution is -0.258. The van der Waals surface area contributed by atoms with Gasteiger partial charge in [-0.3, -0.25) is 0 Å². The highest BCUT2D eigenvalue weighted by Gasteiger charge is 2.45. The molecular weight excluding hydrogens is 204 g/mol. The molecule has 3 saturated heterocycles. The summed E-state index contributed by atoms with van der Waals surface area (Å²) in [5.74, 6) is -0.232. The lowest BCUT2D eigenvalue weighted by Gasteiger charge is -2.35. The summed E-state index contributed by atoms with van der Waals surface area (Å²) in [6.45, 7) is 1.79. The lowest BCUT2D eigenvalue weighted by Crippen LogP contribution is -2.39. The molecule has 16 heavy (non-hydrogen) atoms. The highest BCUT2D eigenvalue weighted by atomic mass is 16.7. The van der Waals surface area contributed by atoms with E-state index in [1.165, 1.54) is 32.1 Å². The minimum Gasteiger partial charge on any atom is -0.376 e. The van der Waals surface area contributed by atoms with Crippen molar-refractivity contribution in [3.8, 4) is 0 Å². The van der Waals surface area contributed by atoms with Gasteiger partial charge in [0.1, 0.15) is 0 Å². The molecule has 1 spiro atoms. The average molecular weight is 226 g/mol. The van der Waals surface area contributed by atoms with Gasteiger partial charge in [0.05, 0.1) is 18.8 Å². The highest BCUT2D eigenvalue weighted by molar-refractivity contribution is 4.88. The van der Waals surface area contributed by atoms with E-state index in [2.05, 4.69) is 0 Å². The third kappa shape index (κ3) is 2.13. The second-order valence-corrected chi connectivity index (χ2v) is 5.32. The molecule has 92 valence electrons. The number of hydrogen-bond donors (Lipinski definition) is 0. The van der Waals surface area contributed by atoms with Crippen LogP contribution in [0.1, 0.15) is 51.4 Å². The smallest absolute Gasteiger partial charge is 0.168 e. The Kier molecular flexibility index (Phi) is 3.18. The van der Waals surface area contributed by atoms with Crippen LogP contribution >= 0.6 is 0 Å². The zero-order valence-corrected chi connectivity index (χ0v) is 9.95. The molecule has 3 heteroatoms. The molecule has 0 unspecified atom stereocenters.